The molecule has 4 saturated carbocycles. The number of amides is 1. The molecule has 4 nitrogen and oxygen atoms in total. The van der Waals surface area contributed by atoms with Gasteiger partial charge in [-0.05, 0) is 75.3 Å². The molecule has 1 aromatic carbocycles. The Kier molecular flexibility index (Phi) is 3.86. The van der Waals surface area contributed by atoms with Gasteiger partial charge in [0, 0.05) is 5.54 Å². The van der Waals surface area contributed by atoms with Crippen LogP contribution >= 0.6 is 0 Å². The lowest BCUT2D eigenvalue weighted by Gasteiger charge is -2.57. The Morgan fingerprint density at radius 3 is 2.12 bits per heavy atom. The van der Waals surface area contributed by atoms with Crippen molar-refractivity contribution in [3.8, 4) is 0 Å². The van der Waals surface area contributed by atoms with E-state index in [0.717, 1.165) is 37.0 Å². The molecular formula is C20H25NO3. The number of rotatable bonds is 4. The van der Waals surface area contributed by atoms with Gasteiger partial charge in [0.1, 0.15) is 0 Å². The molecule has 5 rings (SSSR count). The summed E-state index contributed by atoms with van der Waals surface area (Å²) in [4.78, 5) is 24.7. The molecule has 0 heterocycles. The number of nitrogens with one attached hydrogen (secondary N) is 1. The summed E-state index contributed by atoms with van der Waals surface area (Å²) in [6.45, 7) is 1.66. The fourth-order valence-electron chi connectivity index (χ4n) is 5.48. The van der Waals surface area contributed by atoms with Gasteiger partial charge in [-0.3, -0.25) is 4.79 Å². The molecule has 4 aliphatic carbocycles. The number of hydrogen-bond donors (Lipinski definition) is 1. The SMILES string of the molecule is C[C@H](OC(=O)c1ccccc1)C(=O)NC12CC3CC(CC(C3)C1)C2. The van der Waals surface area contributed by atoms with Crippen LogP contribution in [-0.4, -0.2) is 23.5 Å². The van der Waals surface area contributed by atoms with Crippen LogP contribution in [0.4, 0.5) is 0 Å². The molecule has 0 aromatic heterocycles. The van der Waals surface area contributed by atoms with Crippen LogP contribution in [-0.2, 0) is 9.53 Å². The molecule has 4 fully saturated rings. The van der Waals surface area contributed by atoms with Gasteiger partial charge in [-0.2, -0.15) is 0 Å². The average molecular weight is 327 g/mol. The number of benzene rings is 1. The third-order valence-electron chi connectivity index (χ3n) is 6.09. The molecule has 0 aliphatic heterocycles. The van der Waals surface area contributed by atoms with Crippen LogP contribution < -0.4 is 5.32 Å². The van der Waals surface area contributed by atoms with E-state index in [1.54, 1.807) is 31.2 Å². The van der Waals surface area contributed by atoms with Crippen LogP contribution in [0.25, 0.3) is 0 Å². The average Bonchev–Trinajstić information content (AvgIpc) is 2.53. The van der Waals surface area contributed by atoms with Gasteiger partial charge in [0.15, 0.2) is 6.10 Å². The Hall–Kier alpha value is -1.84. The summed E-state index contributed by atoms with van der Waals surface area (Å²) >= 11 is 0. The second-order valence-corrected chi connectivity index (χ2v) is 8.10. The maximum atomic E-state index is 12.6. The van der Waals surface area contributed by atoms with Crippen molar-refractivity contribution in [3.63, 3.8) is 0 Å². The third-order valence-corrected chi connectivity index (χ3v) is 6.09. The highest BCUT2D eigenvalue weighted by atomic mass is 16.5. The zero-order chi connectivity index (χ0) is 16.7. The minimum absolute atomic E-state index is 0.0424. The van der Waals surface area contributed by atoms with Crippen molar-refractivity contribution in [2.75, 3.05) is 0 Å². The number of hydrogen-bond acceptors (Lipinski definition) is 3. The van der Waals surface area contributed by atoms with E-state index in [4.69, 9.17) is 4.74 Å². The monoisotopic (exact) mass is 327 g/mol. The first kappa shape index (κ1) is 15.7. The Morgan fingerprint density at radius 2 is 1.58 bits per heavy atom. The number of esters is 1. The smallest absolute Gasteiger partial charge is 0.338 e. The van der Waals surface area contributed by atoms with Gasteiger partial charge in [-0.15, -0.1) is 0 Å². The van der Waals surface area contributed by atoms with Crippen molar-refractivity contribution in [2.24, 2.45) is 17.8 Å². The van der Waals surface area contributed by atoms with Crippen molar-refractivity contribution < 1.29 is 14.3 Å². The molecule has 1 atom stereocenters. The second-order valence-electron chi connectivity index (χ2n) is 8.10. The first-order valence-corrected chi connectivity index (χ1v) is 9.11. The molecule has 1 amide bonds. The predicted molar refractivity (Wildman–Crippen MR) is 90.4 cm³/mol. The normalized spacial score (nSPS) is 34.6. The number of carbonyl (C=O) groups excluding carboxylic acids is 2. The van der Waals surface area contributed by atoms with Crippen molar-refractivity contribution in [1.29, 1.82) is 0 Å². The summed E-state index contributed by atoms with van der Waals surface area (Å²) < 4.78 is 5.36. The zero-order valence-corrected chi connectivity index (χ0v) is 14.2. The van der Waals surface area contributed by atoms with Crippen LogP contribution in [0.3, 0.4) is 0 Å². The van der Waals surface area contributed by atoms with Gasteiger partial charge in [0.05, 0.1) is 5.56 Å². The molecule has 4 bridgehead atoms. The van der Waals surface area contributed by atoms with Crippen molar-refractivity contribution in [1.82, 2.24) is 5.32 Å². The van der Waals surface area contributed by atoms with Gasteiger partial charge in [0.25, 0.3) is 5.91 Å². The number of ether oxygens (including phenoxy) is 1. The topological polar surface area (TPSA) is 55.4 Å². The molecule has 24 heavy (non-hydrogen) atoms. The van der Waals surface area contributed by atoms with E-state index in [2.05, 4.69) is 5.32 Å². The lowest BCUT2D eigenvalue weighted by Crippen LogP contribution is -2.61. The molecule has 128 valence electrons. The first-order chi connectivity index (χ1) is 11.5. The first-order valence-electron chi connectivity index (χ1n) is 9.11. The predicted octanol–water partition coefficient (Wildman–Crippen LogP) is 3.32. The van der Waals surface area contributed by atoms with E-state index in [0.29, 0.717) is 5.56 Å². The zero-order valence-electron chi connectivity index (χ0n) is 14.2. The maximum Gasteiger partial charge on any atom is 0.338 e. The minimum atomic E-state index is -0.759. The fourth-order valence-corrected chi connectivity index (χ4v) is 5.48. The molecule has 1 aromatic rings. The summed E-state index contributed by atoms with van der Waals surface area (Å²) in [6.07, 6.45) is 6.57. The molecular weight excluding hydrogens is 302 g/mol. The Bertz CT molecular complexity index is 604. The highest BCUT2D eigenvalue weighted by molar-refractivity contribution is 5.92. The van der Waals surface area contributed by atoms with Crippen LogP contribution in [0.15, 0.2) is 30.3 Å². The summed E-state index contributed by atoms with van der Waals surface area (Å²) in [5.74, 6) is 1.74. The Morgan fingerprint density at radius 1 is 1.04 bits per heavy atom. The molecule has 4 aliphatic rings. The maximum absolute atomic E-state index is 12.6. The van der Waals surface area contributed by atoms with Gasteiger partial charge in [-0.25, -0.2) is 4.79 Å². The largest absolute Gasteiger partial charge is 0.449 e. The van der Waals surface area contributed by atoms with E-state index in [1.165, 1.54) is 19.3 Å². The molecule has 0 spiro atoms. The van der Waals surface area contributed by atoms with Crippen molar-refractivity contribution in [2.45, 2.75) is 57.1 Å². The number of carbonyl (C=O) groups is 2. The summed E-state index contributed by atoms with van der Waals surface area (Å²) in [7, 11) is 0. The van der Waals surface area contributed by atoms with Gasteiger partial charge >= 0.3 is 5.97 Å². The minimum Gasteiger partial charge on any atom is -0.449 e. The quantitative estimate of drug-likeness (QED) is 0.863. The summed E-state index contributed by atoms with van der Waals surface area (Å²) in [6, 6.07) is 8.82. The lowest BCUT2D eigenvalue weighted by atomic mass is 9.53. The van der Waals surface area contributed by atoms with E-state index in [-0.39, 0.29) is 11.4 Å². The van der Waals surface area contributed by atoms with Crippen LogP contribution in [0, 0.1) is 17.8 Å². The molecule has 1 N–H and O–H groups in total. The Labute approximate surface area is 143 Å². The summed E-state index contributed by atoms with van der Waals surface area (Å²) in [5.41, 5.74) is 0.436. The van der Waals surface area contributed by atoms with Gasteiger partial charge < -0.3 is 10.1 Å². The molecule has 4 heteroatoms. The second kappa shape index (κ2) is 5.91. The van der Waals surface area contributed by atoms with E-state index >= 15 is 0 Å². The molecule has 0 saturated heterocycles. The van der Waals surface area contributed by atoms with E-state index in [9.17, 15) is 9.59 Å². The highest BCUT2D eigenvalue weighted by Crippen LogP contribution is 2.55. The Balaban J connectivity index is 1.38. The van der Waals surface area contributed by atoms with E-state index in [1.807, 2.05) is 6.07 Å². The van der Waals surface area contributed by atoms with Crippen LogP contribution in [0.1, 0.15) is 55.8 Å². The van der Waals surface area contributed by atoms with Crippen molar-refractivity contribution >= 4 is 11.9 Å². The van der Waals surface area contributed by atoms with Crippen molar-refractivity contribution in [3.05, 3.63) is 35.9 Å². The third kappa shape index (κ3) is 2.94. The summed E-state index contributed by atoms with van der Waals surface area (Å²) in [5, 5.41) is 3.26. The van der Waals surface area contributed by atoms with Gasteiger partial charge in [0.2, 0.25) is 0 Å². The van der Waals surface area contributed by atoms with Gasteiger partial charge in [-0.1, -0.05) is 18.2 Å². The molecule has 0 radical (unpaired) electrons. The van der Waals surface area contributed by atoms with E-state index < -0.39 is 12.1 Å². The van der Waals surface area contributed by atoms with Crippen LogP contribution in [0.2, 0.25) is 0 Å². The fraction of sp³-hybridized carbons (Fsp3) is 0.600. The van der Waals surface area contributed by atoms with Crippen LogP contribution in [0.5, 0.6) is 0 Å². The highest BCUT2D eigenvalue weighted by Gasteiger charge is 2.51. The lowest BCUT2D eigenvalue weighted by molar-refractivity contribution is -0.134. The standard InChI is InChI=1S/C20H25NO3/c1-13(24-19(23)17-5-3-2-4-6-17)18(22)21-20-10-14-7-15(11-20)9-16(8-14)12-20/h2-6,13-16H,7-12H2,1H3,(H,21,22)/t13-,14?,15?,16?,20?/m0/s1. The molecule has 0 unspecified atom stereocenters.